The molecule has 0 fully saturated rings. The van der Waals surface area contributed by atoms with Crippen molar-refractivity contribution in [3.05, 3.63) is 58.6 Å². The number of pyridine rings is 1. The molecule has 0 saturated heterocycles. The van der Waals surface area contributed by atoms with Gasteiger partial charge in [0.2, 0.25) is 0 Å². The Balaban J connectivity index is 2.13. The van der Waals surface area contributed by atoms with Crippen LogP contribution in [0.4, 0.5) is 4.39 Å². The largest absolute Gasteiger partial charge is 0.489 e. The maximum absolute atomic E-state index is 13.1. The lowest BCUT2D eigenvalue weighted by atomic mass is 10.2. The Hall–Kier alpha value is -1.94. The highest BCUT2D eigenvalue weighted by molar-refractivity contribution is 6.31. The van der Waals surface area contributed by atoms with Crippen molar-refractivity contribution >= 4 is 17.9 Å². The molecule has 1 aromatic heterocycles. The smallest absolute Gasteiger partial charge is 0.150 e. The van der Waals surface area contributed by atoms with E-state index in [1.807, 2.05) is 0 Å². The molecule has 5 heteroatoms. The second-order valence-electron chi connectivity index (χ2n) is 3.59. The molecule has 0 amide bonds. The zero-order valence-electron chi connectivity index (χ0n) is 9.27. The molecule has 0 N–H and O–H groups in total. The van der Waals surface area contributed by atoms with E-state index >= 15 is 0 Å². The molecule has 0 aliphatic carbocycles. The number of ether oxygens (including phenoxy) is 1. The summed E-state index contributed by atoms with van der Waals surface area (Å²) >= 11 is 5.91. The quantitative estimate of drug-likeness (QED) is 0.797. The summed E-state index contributed by atoms with van der Waals surface area (Å²) in [6.45, 7) is 0.184. The third-order valence-electron chi connectivity index (χ3n) is 2.28. The van der Waals surface area contributed by atoms with Gasteiger partial charge in [0.05, 0.1) is 5.02 Å². The minimum absolute atomic E-state index is 0.184. The Morgan fingerprint density at radius 3 is 2.94 bits per heavy atom. The zero-order chi connectivity index (χ0) is 13.0. The molecule has 18 heavy (non-hydrogen) atoms. The van der Waals surface area contributed by atoms with Gasteiger partial charge in [0.15, 0.2) is 0 Å². The molecule has 1 aromatic carbocycles. The summed E-state index contributed by atoms with van der Waals surface area (Å²) < 4.78 is 18.5. The number of carbonyl (C=O) groups is 1. The molecule has 0 atom stereocenters. The van der Waals surface area contributed by atoms with Crippen molar-refractivity contribution in [2.75, 3.05) is 0 Å². The fraction of sp³-hybridized carbons (Fsp3) is 0.0769. The van der Waals surface area contributed by atoms with Crippen LogP contribution >= 0.6 is 11.6 Å². The van der Waals surface area contributed by atoms with Gasteiger partial charge in [-0.3, -0.25) is 9.78 Å². The number of halogens is 2. The predicted octanol–water partition coefficient (Wildman–Crippen LogP) is 3.27. The van der Waals surface area contributed by atoms with Crippen LogP contribution in [0.2, 0.25) is 5.02 Å². The number of nitrogens with zero attached hydrogens (tertiary/aromatic N) is 1. The molecular weight excluding hydrogens is 257 g/mol. The molecule has 1 heterocycles. The summed E-state index contributed by atoms with van der Waals surface area (Å²) in [6, 6.07) is 5.52. The van der Waals surface area contributed by atoms with E-state index in [9.17, 15) is 9.18 Å². The van der Waals surface area contributed by atoms with Gasteiger partial charge in [-0.2, -0.15) is 0 Å². The molecule has 0 saturated carbocycles. The molecular formula is C13H9ClFNO2. The monoisotopic (exact) mass is 265 g/mol. The summed E-state index contributed by atoms with van der Waals surface area (Å²) in [6.07, 6.45) is 3.66. The van der Waals surface area contributed by atoms with Crippen molar-refractivity contribution in [3.8, 4) is 5.75 Å². The molecule has 2 aromatic rings. The van der Waals surface area contributed by atoms with Crippen LogP contribution in [0.25, 0.3) is 0 Å². The van der Waals surface area contributed by atoms with Gasteiger partial charge in [-0.05, 0) is 18.2 Å². The summed E-state index contributed by atoms with van der Waals surface area (Å²) in [5.74, 6) is -0.236. The van der Waals surface area contributed by atoms with E-state index in [0.717, 1.165) is 11.6 Å². The van der Waals surface area contributed by atoms with Gasteiger partial charge in [0, 0.05) is 29.6 Å². The molecule has 0 radical (unpaired) electrons. The van der Waals surface area contributed by atoms with Crippen molar-refractivity contribution in [1.29, 1.82) is 0 Å². The molecule has 3 nitrogen and oxygen atoms in total. The normalized spacial score (nSPS) is 10.1. The Morgan fingerprint density at radius 2 is 2.22 bits per heavy atom. The number of benzene rings is 1. The van der Waals surface area contributed by atoms with Crippen LogP contribution in [0.15, 0.2) is 36.7 Å². The van der Waals surface area contributed by atoms with Crippen molar-refractivity contribution in [2.45, 2.75) is 6.61 Å². The second-order valence-corrected chi connectivity index (χ2v) is 4.00. The van der Waals surface area contributed by atoms with Crippen molar-refractivity contribution in [1.82, 2.24) is 4.98 Å². The fourth-order valence-electron chi connectivity index (χ4n) is 1.42. The van der Waals surface area contributed by atoms with Gasteiger partial charge in [-0.25, -0.2) is 4.39 Å². The molecule has 92 valence electrons. The van der Waals surface area contributed by atoms with E-state index in [1.54, 1.807) is 12.3 Å². The van der Waals surface area contributed by atoms with E-state index in [4.69, 9.17) is 16.3 Å². The highest BCUT2D eigenvalue weighted by Crippen LogP contribution is 2.19. The third kappa shape index (κ3) is 3.05. The number of aldehydes is 1. The molecule has 0 spiro atoms. The SMILES string of the molecule is O=Cc1cc(F)cc(OCc2ccncc2Cl)c1. The minimum Gasteiger partial charge on any atom is -0.489 e. The minimum atomic E-state index is -0.518. The summed E-state index contributed by atoms with van der Waals surface area (Å²) in [5, 5.41) is 0.476. The number of hydrogen-bond donors (Lipinski definition) is 0. The van der Waals surface area contributed by atoms with Gasteiger partial charge < -0.3 is 4.74 Å². The summed E-state index contributed by atoms with van der Waals surface area (Å²) in [4.78, 5) is 14.4. The van der Waals surface area contributed by atoms with Gasteiger partial charge in [0.1, 0.15) is 24.5 Å². The Kier molecular flexibility index (Phi) is 3.89. The Labute approximate surface area is 108 Å². The lowest BCUT2D eigenvalue weighted by molar-refractivity contribution is 0.112. The molecule has 2 rings (SSSR count). The lowest BCUT2D eigenvalue weighted by Gasteiger charge is -2.08. The highest BCUT2D eigenvalue weighted by Gasteiger charge is 2.04. The van der Waals surface area contributed by atoms with E-state index in [2.05, 4.69) is 4.98 Å². The topological polar surface area (TPSA) is 39.2 Å². The van der Waals surface area contributed by atoms with E-state index in [-0.39, 0.29) is 17.9 Å². The first kappa shape index (κ1) is 12.5. The van der Waals surface area contributed by atoms with E-state index in [0.29, 0.717) is 11.3 Å². The average Bonchev–Trinajstić information content (AvgIpc) is 2.37. The number of aromatic nitrogens is 1. The maximum atomic E-state index is 13.1. The maximum Gasteiger partial charge on any atom is 0.150 e. The third-order valence-corrected chi connectivity index (χ3v) is 2.62. The average molecular weight is 266 g/mol. The summed E-state index contributed by atoms with van der Waals surface area (Å²) in [5.41, 5.74) is 0.967. The fourth-order valence-corrected chi connectivity index (χ4v) is 1.59. The van der Waals surface area contributed by atoms with E-state index < -0.39 is 5.82 Å². The van der Waals surface area contributed by atoms with Crippen molar-refractivity contribution in [2.24, 2.45) is 0 Å². The first-order valence-electron chi connectivity index (χ1n) is 5.16. The van der Waals surface area contributed by atoms with Crippen LogP contribution in [-0.2, 0) is 6.61 Å². The Morgan fingerprint density at radius 1 is 1.39 bits per heavy atom. The molecule has 0 aliphatic heterocycles. The molecule has 0 unspecified atom stereocenters. The highest BCUT2D eigenvalue weighted by atomic mass is 35.5. The van der Waals surface area contributed by atoms with Crippen LogP contribution in [0.3, 0.4) is 0 Å². The van der Waals surface area contributed by atoms with Gasteiger partial charge in [-0.1, -0.05) is 11.6 Å². The first-order valence-corrected chi connectivity index (χ1v) is 5.54. The van der Waals surface area contributed by atoms with Crippen LogP contribution < -0.4 is 4.74 Å². The van der Waals surface area contributed by atoms with Crippen molar-refractivity contribution in [3.63, 3.8) is 0 Å². The number of carbonyl (C=O) groups excluding carboxylic acids is 1. The summed E-state index contributed by atoms with van der Waals surface area (Å²) in [7, 11) is 0. The zero-order valence-corrected chi connectivity index (χ0v) is 10.0. The number of rotatable bonds is 4. The van der Waals surface area contributed by atoms with Crippen LogP contribution in [0.1, 0.15) is 15.9 Å². The van der Waals surface area contributed by atoms with Gasteiger partial charge in [-0.15, -0.1) is 0 Å². The molecule has 0 bridgehead atoms. The van der Waals surface area contributed by atoms with Crippen LogP contribution in [0.5, 0.6) is 5.75 Å². The molecule has 0 aliphatic rings. The van der Waals surface area contributed by atoms with E-state index in [1.165, 1.54) is 18.3 Å². The number of hydrogen-bond acceptors (Lipinski definition) is 3. The standard InChI is InChI=1S/C13H9ClFNO2/c14-13-6-16-2-1-10(13)8-18-12-4-9(7-17)3-11(15)5-12/h1-7H,8H2. The van der Waals surface area contributed by atoms with Gasteiger partial charge in [0.25, 0.3) is 0 Å². The van der Waals surface area contributed by atoms with Crippen molar-refractivity contribution < 1.29 is 13.9 Å². The van der Waals surface area contributed by atoms with Crippen LogP contribution in [0, 0.1) is 5.82 Å². The first-order chi connectivity index (χ1) is 8.69. The second kappa shape index (κ2) is 5.60. The lowest BCUT2D eigenvalue weighted by Crippen LogP contribution is -1.98. The van der Waals surface area contributed by atoms with Crippen LogP contribution in [-0.4, -0.2) is 11.3 Å². The van der Waals surface area contributed by atoms with Gasteiger partial charge >= 0.3 is 0 Å². The Bertz CT molecular complexity index is 575. The predicted molar refractivity (Wildman–Crippen MR) is 65.4 cm³/mol.